The zero-order valence-electron chi connectivity index (χ0n) is 13.7. The zero-order valence-corrected chi connectivity index (χ0v) is 14.5. The van der Waals surface area contributed by atoms with Gasteiger partial charge in [0.2, 0.25) is 0 Å². The molecule has 0 aromatic heterocycles. The Hall–Kier alpha value is -1.89. The highest BCUT2D eigenvalue weighted by molar-refractivity contribution is 6.25. The standard InChI is InChI=1S/C17H23ClN2O4/c1-3-11(2)12-5-7-13(8-6-12)20-17(24)15(22)14(21)16(23)19-10-4-9-18/h4-9,11,14-15,21-22H,3,10H2,1-2H3,(H,19,23)(H,20,24)/b9-4+/t11?,14-,15-/m1/s1. The number of nitrogens with one attached hydrogen (secondary N) is 2. The van der Waals surface area contributed by atoms with Gasteiger partial charge in [-0.1, -0.05) is 43.7 Å². The number of amides is 2. The van der Waals surface area contributed by atoms with Crippen LogP contribution in [0.1, 0.15) is 31.7 Å². The summed E-state index contributed by atoms with van der Waals surface area (Å²) >= 11 is 5.30. The second kappa shape index (κ2) is 10.1. The molecule has 0 bridgehead atoms. The number of hydrogen-bond acceptors (Lipinski definition) is 4. The predicted molar refractivity (Wildman–Crippen MR) is 93.8 cm³/mol. The van der Waals surface area contributed by atoms with Gasteiger partial charge >= 0.3 is 0 Å². The second-order valence-electron chi connectivity index (χ2n) is 5.42. The first-order valence-electron chi connectivity index (χ1n) is 7.70. The van der Waals surface area contributed by atoms with Crippen molar-refractivity contribution in [1.29, 1.82) is 0 Å². The summed E-state index contributed by atoms with van der Waals surface area (Å²) in [5.41, 5.74) is 2.82. The Kier molecular flexibility index (Phi) is 8.46. The smallest absolute Gasteiger partial charge is 0.256 e. The van der Waals surface area contributed by atoms with Crippen molar-refractivity contribution in [3.8, 4) is 0 Å². The van der Waals surface area contributed by atoms with Gasteiger partial charge in [-0.2, -0.15) is 0 Å². The summed E-state index contributed by atoms with van der Waals surface area (Å²) in [5, 5.41) is 24.3. The molecular formula is C17H23ClN2O4. The summed E-state index contributed by atoms with van der Waals surface area (Å²) in [6, 6.07) is 7.20. The molecule has 0 aliphatic carbocycles. The van der Waals surface area contributed by atoms with Gasteiger partial charge in [-0.3, -0.25) is 9.59 Å². The van der Waals surface area contributed by atoms with Crippen molar-refractivity contribution >= 4 is 29.1 Å². The fourth-order valence-corrected chi connectivity index (χ4v) is 2.03. The Labute approximate surface area is 146 Å². The Bertz CT molecular complexity index is 574. The molecule has 0 aliphatic rings. The molecule has 6 nitrogen and oxygen atoms in total. The molecule has 3 atom stereocenters. The molecule has 132 valence electrons. The van der Waals surface area contributed by atoms with Crippen molar-refractivity contribution in [2.24, 2.45) is 0 Å². The van der Waals surface area contributed by atoms with Crippen LogP contribution >= 0.6 is 11.6 Å². The fraction of sp³-hybridized carbons (Fsp3) is 0.412. The maximum atomic E-state index is 11.9. The minimum absolute atomic E-state index is 0.0881. The number of rotatable bonds is 8. The highest BCUT2D eigenvalue weighted by atomic mass is 35.5. The van der Waals surface area contributed by atoms with Crippen LogP contribution in [0.5, 0.6) is 0 Å². The van der Waals surface area contributed by atoms with E-state index < -0.39 is 24.0 Å². The molecular weight excluding hydrogens is 332 g/mol. The Morgan fingerprint density at radius 1 is 1.17 bits per heavy atom. The Balaban J connectivity index is 2.61. The lowest BCUT2D eigenvalue weighted by atomic mass is 9.98. The van der Waals surface area contributed by atoms with Crippen molar-refractivity contribution in [2.45, 2.75) is 38.4 Å². The van der Waals surface area contributed by atoms with Crippen LogP contribution in [0.25, 0.3) is 0 Å². The normalized spacial score (nSPS) is 14.9. The van der Waals surface area contributed by atoms with Gasteiger partial charge in [-0.15, -0.1) is 0 Å². The molecule has 0 heterocycles. The first kappa shape index (κ1) is 20.2. The number of anilines is 1. The number of aliphatic hydroxyl groups is 2. The summed E-state index contributed by atoms with van der Waals surface area (Å²) < 4.78 is 0. The van der Waals surface area contributed by atoms with E-state index in [1.165, 1.54) is 11.6 Å². The maximum absolute atomic E-state index is 11.9. The van der Waals surface area contributed by atoms with Crippen molar-refractivity contribution in [3.05, 3.63) is 41.4 Å². The fourth-order valence-electron chi connectivity index (χ4n) is 1.94. The van der Waals surface area contributed by atoms with E-state index in [0.717, 1.165) is 12.0 Å². The molecule has 4 N–H and O–H groups in total. The first-order valence-corrected chi connectivity index (χ1v) is 8.14. The third kappa shape index (κ3) is 5.96. The molecule has 1 unspecified atom stereocenters. The maximum Gasteiger partial charge on any atom is 0.256 e. The van der Waals surface area contributed by atoms with Crippen molar-refractivity contribution in [3.63, 3.8) is 0 Å². The number of hydrogen-bond donors (Lipinski definition) is 4. The quantitative estimate of drug-likeness (QED) is 0.571. The second-order valence-corrected chi connectivity index (χ2v) is 5.67. The van der Waals surface area contributed by atoms with Gasteiger partial charge in [0, 0.05) is 17.8 Å². The topological polar surface area (TPSA) is 98.7 Å². The number of carbonyl (C=O) groups excluding carboxylic acids is 2. The highest BCUT2D eigenvalue weighted by Gasteiger charge is 2.30. The van der Waals surface area contributed by atoms with Gasteiger partial charge < -0.3 is 20.8 Å². The van der Waals surface area contributed by atoms with E-state index in [2.05, 4.69) is 24.5 Å². The van der Waals surface area contributed by atoms with E-state index in [4.69, 9.17) is 11.6 Å². The summed E-state index contributed by atoms with van der Waals surface area (Å²) in [6.07, 6.45) is -1.30. The van der Waals surface area contributed by atoms with Gasteiger partial charge in [0.15, 0.2) is 12.2 Å². The van der Waals surface area contributed by atoms with E-state index >= 15 is 0 Å². The summed E-state index contributed by atoms with van der Waals surface area (Å²) in [4.78, 5) is 23.5. The van der Waals surface area contributed by atoms with Gasteiger partial charge in [-0.05, 0) is 30.0 Å². The first-order chi connectivity index (χ1) is 11.4. The van der Waals surface area contributed by atoms with E-state index in [9.17, 15) is 19.8 Å². The van der Waals surface area contributed by atoms with Gasteiger partial charge in [-0.25, -0.2) is 0 Å². The molecule has 0 radical (unpaired) electrons. The molecule has 1 rings (SSSR count). The molecule has 24 heavy (non-hydrogen) atoms. The Morgan fingerprint density at radius 3 is 2.29 bits per heavy atom. The molecule has 0 saturated heterocycles. The summed E-state index contributed by atoms with van der Waals surface area (Å²) in [5.74, 6) is -1.31. The lowest BCUT2D eigenvalue weighted by Gasteiger charge is -2.17. The lowest BCUT2D eigenvalue weighted by Crippen LogP contribution is -2.47. The summed E-state index contributed by atoms with van der Waals surface area (Å²) in [6.45, 7) is 4.28. The molecule has 0 fully saturated rings. The van der Waals surface area contributed by atoms with E-state index in [1.807, 2.05) is 12.1 Å². The lowest BCUT2D eigenvalue weighted by molar-refractivity contribution is -0.143. The molecule has 0 saturated carbocycles. The molecule has 1 aromatic carbocycles. The average Bonchev–Trinajstić information content (AvgIpc) is 2.60. The van der Waals surface area contributed by atoms with Crippen molar-refractivity contribution < 1.29 is 19.8 Å². The van der Waals surface area contributed by atoms with Crippen LogP contribution in [-0.2, 0) is 9.59 Å². The largest absolute Gasteiger partial charge is 0.380 e. The van der Waals surface area contributed by atoms with Gasteiger partial charge in [0.05, 0.1) is 0 Å². The summed E-state index contributed by atoms with van der Waals surface area (Å²) in [7, 11) is 0. The minimum Gasteiger partial charge on any atom is -0.380 e. The monoisotopic (exact) mass is 354 g/mol. The van der Waals surface area contributed by atoms with E-state index in [1.54, 1.807) is 12.1 Å². The van der Waals surface area contributed by atoms with Crippen LogP contribution < -0.4 is 10.6 Å². The van der Waals surface area contributed by atoms with Crippen LogP contribution in [-0.4, -0.2) is 40.8 Å². The zero-order chi connectivity index (χ0) is 18.1. The van der Waals surface area contributed by atoms with Crippen molar-refractivity contribution in [1.82, 2.24) is 5.32 Å². The number of carbonyl (C=O) groups is 2. The van der Waals surface area contributed by atoms with E-state index in [-0.39, 0.29) is 6.54 Å². The van der Waals surface area contributed by atoms with Gasteiger partial charge in [0.25, 0.3) is 11.8 Å². The van der Waals surface area contributed by atoms with Crippen LogP contribution in [0, 0.1) is 0 Å². The minimum atomic E-state index is -1.88. The van der Waals surface area contributed by atoms with Crippen LogP contribution in [0.15, 0.2) is 35.9 Å². The number of aliphatic hydroxyl groups excluding tert-OH is 2. The predicted octanol–water partition coefficient (Wildman–Crippen LogP) is 1.73. The highest BCUT2D eigenvalue weighted by Crippen LogP contribution is 2.20. The molecule has 1 aromatic rings. The molecule has 2 amide bonds. The molecule has 0 spiro atoms. The average molecular weight is 355 g/mol. The third-order valence-corrected chi connectivity index (χ3v) is 3.86. The van der Waals surface area contributed by atoms with Crippen LogP contribution in [0.2, 0.25) is 0 Å². The van der Waals surface area contributed by atoms with E-state index in [0.29, 0.717) is 11.6 Å². The number of benzene rings is 1. The van der Waals surface area contributed by atoms with Gasteiger partial charge in [0.1, 0.15) is 0 Å². The SMILES string of the molecule is CCC(C)c1ccc(NC(=O)[C@H](O)[C@@H](O)C(=O)NC/C=C/Cl)cc1. The Morgan fingerprint density at radius 2 is 1.75 bits per heavy atom. The molecule has 7 heteroatoms. The van der Waals surface area contributed by atoms with Crippen molar-refractivity contribution in [2.75, 3.05) is 11.9 Å². The van der Waals surface area contributed by atoms with Crippen LogP contribution in [0.3, 0.4) is 0 Å². The molecule has 0 aliphatic heterocycles. The van der Waals surface area contributed by atoms with Crippen LogP contribution in [0.4, 0.5) is 5.69 Å². The number of halogens is 1. The third-order valence-electron chi connectivity index (χ3n) is 3.68.